The van der Waals surface area contributed by atoms with Crippen LogP contribution in [0.1, 0.15) is 25.3 Å². The molecule has 6 heteroatoms. The van der Waals surface area contributed by atoms with Gasteiger partial charge >= 0.3 is 0 Å². The first-order valence-corrected chi connectivity index (χ1v) is 6.01. The molecule has 1 aromatic carbocycles. The van der Waals surface area contributed by atoms with E-state index in [2.05, 4.69) is 0 Å². The zero-order valence-corrected chi connectivity index (χ0v) is 10.9. The van der Waals surface area contributed by atoms with Gasteiger partial charge in [0.2, 0.25) is 6.41 Å². The van der Waals surface area contributed by atoms with Gasteiger partial charge < -0.3 is 9.84 Å². The molecule has 0 heterocycles. The van der Waals surface area contributed by atoms with Gasteiger partial charge in [-0.25, -0.2) is 5.06 Å². The molecule has 0 unspecified atom stereocenters. The summed E-state index contributed by atoms with van der Waals surface area (Å²) in [6, 6.07) is 2.94. The van der Waals surface area contributed by atoms with Gasteiger partial charge in [0, 0.05) is 0 Å². The number of rotatable bonds is 7. The zero-order chi connectivity index (χ0) is 13.5. The van der Waals surface area contributed by atoms with Crippen LogP contribution in [0.25, 0.3) is 0 Å². The first-order chi connectivity index (χ1) is 8.58. The Hall–Kier alpha value is -1.46. The highest BCUT2D eigenvalue weighted by Crippen LogP contribution is 2.35. The molecule has 0 fully saturated rings. The molecule has 0 radical (unpaired) electrons. The summed E-state index contributed by atoms with van der Waals surface area (Å²) in [5, 5.41) is 19.5. The summed E-state index contributed by atoms with van der Waals surface area (Å²) >= 11 is 5.97. The van der Waals surface area contributed by atoms with Crippen molar-refractivity contribution < 1.29 is 19.8 Å². The predicted octanol–water partition coefficient (Wildman–Crippen LogP) is 2.57. The van der Waals surface area contributed by atoms with Crippen molar-refractivity contribution in [2.75, 3.05) is 6.61 Å². The van der Waals surface area contributed by atoms with E-state index in [1.807, 2.05) is 6.92 Å². The van der Waals surface area contributed by atoms with Crippen LogP contribution >= 0.6 is 11.6 Å². The third-order valence-electron chi connectivity index (χ3n) is 2.29. The number of carbonyl (C=O) groups excluding carboxylic acids is 1. The van der Waals surface area contributed by atoms with Crippen LogP contribution in [-0.2, 0) is 11.3 Å². The lowest BCUT2D eigenvalue weighted by atomic mass is 10.2. The topological polar surface area (TPSA) is 70.0 Å². The fourth-order valence-corrected chi connectivity index (χ4v) is 1.70. The normalized spacial score (nSPS) is 10.2. The number of amides is 1. The predicted molar refractivity (Wildman–Crippen MR) is 66.9 cm³/mol. The summed E-state index contributed by atoms with van der Waals surface area (Å²) in [5.74, 6) is 0.123. The molecular formula is C12H16ClNO4. The summed E-state index contributed by atoms with van der Waals surface area (Å²) in [7, 11) is 0. The van der Waals surface area contributed by atoms with E-state index in [-0.39, 0.29) is 29.5 Å². The second-order valence-corrected chi connectivity index (χ2v) is 4.24. The van der Waals surface area contributed by atoms with E-state index in [0.29, 0.717) is 17.2 Å². The minimum absolute atomic E-state index is 0.0496. The number of benzene rings is 1. The second-order valence-electron chi connectivity index (χ2n) is 3.83. The van der Waals surface area contributed by atoms with Crippen LogP contribution in [0.3, 0.4) is 0 Å². The summed E-state index contributed by atoms with van der Waals surface area (Å²) in [5.41, 5.74) is 0.509. The van der Waals surface area contributed by atoms with Crippen molar-refractivity contribution in [3.8, 4) is 11.5 Å². The Kier molecular flexibility index (Phi) is 5.74. The zero-order valence-electron chi connectivity index (χ0n) is 10.1. The van der Waals surface area contributed by atoms with Crippen molar-refractivity contribution >= 4 is 18.0 Å². The largest absolute Gasteiger partial charge is 0.504 e. The molecule has 1 aromatic rings. The highest BCUT2D eigenvalue weighted by Gasteiger charge is 2.11. The highest BCUT2D eigenvalue weighted by molar-refractivity contribution is 6.32. The number of nitrogens with zero attached hydrogens (tertiary/aromatic N) is 1. The van der Waals surface area contributed by atoms with E-state index in [9.17, 15) is 9.90 Å². The Morgan fingerprint density at radius 3 is 2.78 bits per heavy atom. The molecule has 5 nitrogen and oxygen atoms in total. The minimum Gasteiger partial charge on any atom is -0.504 e. The van der Waals surface area contributed by atoms with E-state index in [1.54, 1.807) is 0 Å². The van der Waals surface area contributed by atoms with Crippen molar-refractivity contribution in [2.24, 2.45) is 0 Å². The third-order valence-corrected chi connectivity index (χ3v) is 2.58. The molecule has 0 bridgehead atoms. The quantitative estimate of drug-likeness (QED) is 0.347. The fourth-order valence-electron chi connectivity index (χ4n) is 1.41. The number of carbonyl (C=O) groups is 1. The second kappa shape index (κ2) is 7.08. The maximum absolute atomic E-state index is 10.3. The molecule has 0 saturated heterocycles. The van der Waals surface area contributed by atoms with Crippen LogP contribution in [0.4, 0.5) is 0 Å². The Bertz CT molecular complexity index is 388. The van der Waals surface area contributed by atoms with Crippen molar-refractivity contribution in [1.29, 1.82) is 0 Å². The van der Waals surface area contributed by atoms with E-state index in [1.165, 1.54) is 12.1 Å². The minimum atomic E-state index is -0.104. The number of hydrogen-bond donors (Lipinski definition) is 2. The molecule has 0 aliphatic carbocycles. The number of ether oxygens (including phenoxy) is 1. The van der Waals surface area contributed by atoms with Crippen molar-refractivity contribution in [1.82, 2.24) is 5.06 Å². The molecule has 1 rings (SSSR count). The van der Waals surface area contributed by atoms with E-state index >= 15 is 0 Å². The molecule has 0 aliphatic heterocycles. The maximum atomic E-state index is 10.3. The average Bonchev–Trinajstić information content (AvgIpc) is 2.32. The van der Waals surface area contributed by atoms with Crippen LogP contribution in [0.5, 0.6) is 11.5 Å². The smallest absolute Gasteiger partial charge is 0.233 e. The average molecular weight is 274 g/mol. The maximum Gasteiger partial charge on any atom is 0.233 e. The van der Waals surface area contributed by atoms with Gasteiger partial charge in [0.15, 0.2) is 11.5 Å². The summed E-state index contributed by atoms with van der Waals surface area (Å²) in [6.45, 7) is 2.46. The Morgan fingerprint density at radius 1 is 1.50 bits per heavy atom. The molecule has 0 aliphatic rings. The molecule has 18 heavy (non-hydrogen) atoms. The summed E-state index contributed by atoms with van der Waals surface area (Å²) in [6.07, 6.45) is 2.12. The number of phenolic OH excluding ortho intramolecular Hbond substituents is 1. The van der Waals surface area contributed by atoms with Crippen LogP contribution in [-0.4, -0.2) is 28.4 Å². The van der Waals surface area contributed by atoms with Crippen molar-refractivity contribution in [3.63, 3.8) is 0 Å². The van der Waals surface area contributed by atoms with Crippen LogP contribution < -0.4 is 4.74 Å². The number of phenols is 1. The molecule has 2 N–H and O–H groups in total. The Balaban J connectivity index is 2.80. The van der Waals surface area contributed by atoms with Gasteiger partial charge in [0.1, 0.15) is 0 Å². The molecular weight excluding hydrogens is 258 g/mol. The SMILES string of the molecule is CCCCOc1c(O)cc(CN(O)C=O)cc1Cl. The van der Waals surface area contributed by atoms with Gasteiger partial charge in [0.25, 0.3) is 0 Å². The highest BCUT2D eigenvalue weighted by atomic mass is 35.5. The molecule has 1 amide bonds. The number of unbranched alkanes of at least 4 members (excludes halogenated alkanes) is 1. The Morgan fingerprint density at radius 2 is 2.22 bits per heavy atom. The van der Waals surface area contributed by atoms with Crippen LogP contribution in [0.15, 0.2) is 12.1 Å². The third kappa shape index (κ3) is 4.09. The van der Waals surface area contributed by atoms with E-state index in [0.717, 1.165) is 12.8 Å². The number of hydroxylamine groups is 2. The lowest BCUT2D eigenvalue weighted by Crippen LogP contribution is -2.15. The van der Waals surface area contributed by atoms with Crippen LogP contribution in [0.2, 0.25) is 5.02 Å². The molecule has 100 valence electrons. The molecule has 0 atom stereocenters. The van der Waals surface area contributed by atoms with Crippen molar-refractivity contribution in [2.45, 2.75) is 26.3 Å². The van der Waals surface area contributed by atoms with Gasteiger partial charge in [-0.05, 0) is 24.1 Å². The molecule has 0 saturated carbocycles. The Labute approximate surface area is 111 Å². The first-order valence-electron chi connectivity index (χ1n) is 5.63. The van der Waals surface area contributed by atoms with Gasteiger partial charge in [-0.1, -0.05) is 24.9 Å². The van der Waals surface area contributed by atoms with Gasteiger partial charge in [-0.3, -0.25) is 10.0 Å². The summed E-state index contributed by atoms with van der Waals surface area (Å²) < 4.78 is 5.37. The van der Waals surface area contributed by atoms with Gasteiger partial charge in [-0.2, -0.15) is 0 Å². The monoisotopic (exact) mass is 273 g/mol. The van der Waals surface area contributed by atoms with Gasteiger partial charge in [0.05, 0.1) is 18.2 Å². The lowest BCUT2D eigenvalue weighted by molar-refractivity contribution is -0.152. The van der Waals surface area contributed by atoms with Crippen molar-refractivity contribution in [3.05, 3.63) is 22.7 Å². The van der Waals surface area contributed by atoms with E-state index < -0.39 is 0 Å². The molecule has 0 aromatic heterocycles. The van der Waals surface area contributed by atoms with Gasteiger partial charge in [-0.15, -0.1) is 0 Å². The molecule has 0 spiro atoms. The number of aromatic hydroxyl groups is 1. The fraction of sp³-hybridized carbons (Fsp3) is 0.417. The summed E-state index contributed by atoms with van der Waals surface area (Å²) in [4.78, 5) is 10.3. The number of halogens is 1. The first kappa shape index (κ1) is 14.6. The standard InChI is InChI=1S/C12H16ClNO4/c1-2-3-4-18-12-10(13)5-9(6-11(12)16)7-14(17)8-15/h5-6,8,16-17H,2-4,7H2,1H3. The number of hydrogen-bond acceptors (Lipinski definition) is 4. The van der Waals surface area contributed by atoms with E-state index in [4.69, 9.17) is 21.5 Å². The lowest BCUT2D eigenvalue weighted by Gasteiger charge is -2.13. The van der Waals surface area contributed by atoms with Crippen LogP contribution in [0, 0.1) is 0 Å².